The van der Waals surface area contributed by atoms with E-state index in [1.165, 1.54) is 0 Å². The Morgan fingerprint density at radius 3 is 2.18 bits per heavy atom. The molecular formula is C13H21NO3. The van der Waals surface area contributed by atoms with Crippen LogP contribution in [0.2, 0.25) is 0 Å². The third kappa shape index (κ3) is 2.05. The Hall–Kier alpha value is -1.06. The minimum atomic E-state index is -0.797. The first-order valence-corrected chi connectivity index (χ1v) is 6.41. The molecule has 1 saturated carbocycles. The lowest BCUT2D eigenvalue weighted by atomic mass is 9.66. The van der Waals surface area contributed by atoms with Crippen molar-refractivity contribution in [3.63, 3.8) is 0 Å². The molecule has 0 radical (unpaired) electrons. The second-order valence-corrected chi connectivity index (χ2v) is 6.08. The molecule has 1 N–H and O–H groups in total. The fourth-order valence-electron chi connectivity index (χ4n) is 3.02. The molecule has 1 aliphatic heterocycles. The number of carboxylic acids is 1. The molecular weight excluding hydrogens is 218 g/mol. The highest BCUT2D eigenvalue weighted by molar-refractivity contribution is 5.86. The van der Waals surface area contributed by atoms with E-state index in [-0.39, 0.29) is 17.9 Å². The lowest BCUT2D eigenvalue weighted by molar-refractivity contribution is -0.160. The molecule has 2 rings (SSSR count). The van der Waals surface area contributed by atoms with E-state index in [9.17, 15) is 14.7 Å². The van der Waals surface area contributed by atoms with Crippen LogP contribution in [-0.2, 0) is 9.59 Å². The molecule has 4 nitrogen and oxygen atoms in total. The van der Waals surface area contributed by atoms with Gasteiger partial charge in [-0.25, -0.2) is 0 Å². The molecule has 1 amide bonds. The summed E-state index contributed by atoms with van der Waals surface area (Å²) in [4.78, 5) is 25.4. The molecule has 1 saturated heterocycles. The van der Waals surface area contributed by atoms with Crippen LogP contribution in [0, 0.1) is 5.41 Å². The first kappa shape index (κ1) is 12.4. The van der Waals surface area contributed by atoms with E-state index in [4.69, 9.17) is 0 Å². The summed E-state index contributed by atoms with van der Waals surface area (Å²) in [6, 6.07) is 0. The quantitative estimate of drug-likeness (QED) is 0.819. The number of rotatable bonds is 3. The minimum absolute atomic E-state index is 0.0228. The monoisotopic (exact) mass is 239 g/mol. The number of likely N-dealkylation sites (tertiary alicyclic amines) is 1. The second kappa shape index (κ2) is 4.00. The fourth-order valence-corrected chi connectivity index (χ4v) is 3.02. The first-order valence-electron chi connectivity index (χ1n) is 6.41. The van der Waals surface area contributed by atoms with Gasteiger partial charge in [0.15, 0.2) is 0 Å². The van der Waals surface area contributed by atoms with Crippen molar-refractivity contribution in [2.75, 3.05) is 6.54 Å². The van der Waals surface area contributed by atoms with Crippen molar-refractivity contribution >= 4 is 11.9 Å². The maximum atomic E-state index is 12.2. The van der Waals surface area contributed by atoms with Crippen molar-refractivity contribution < 1.29 is 14.7 Å². The first-order chi connectivity index (χ1) is 7.87. The number of carbonyl (C=O) groups excluding carboxylic acids is 1. The summed E-state index contributed by atoms with van der Waals surface area (Å²) in [5, 5.41) is 9.23. The van der Waals surface area contributed by atoms with Crippen molar-refractivity contribution in [1.82, 2.24) is 4.90 Å². The van der Waals surface area contributed by atoms with Crippen molar-refractivity contribution in [3.05, 3.63) is 0 Å². The van der Waals surface area contributed by atoms with Gasteiger partial charge in [0.2, 0.25) is 5.91 Å². The molecule has 0 atom stereocenters. The van der Waals surface area contributed by atoms with Gasteiger partial charge in [0.05, 0.1) is 5.41 Å². The molecule has 2 fully saturated rings. The van der Waals surface area contributed by atoms with Crippen molar-refractivity contribution in [3.8, 4) is 0 Å². The molecule has 1 heterocycles. The van der Waals surface area contributed by atoms with E-state index in [1.54, 1.807) is 0 Å². The van der Waals surface area contributed by atoms with Gasteiger partial charge in [-0.15, -0.1) is 0 Å². The lowest BCUT2D eigenvalue weighted by Gasteiger charge is -2.40. The number of carbonyl (C=O) groups is 2. The standard InChI is InChI=1S/C13H21NO3/c1-12(2)5-4-8-14(12)10(15)9-13(11(16)17)6-3-7-13/h3-9H2,1-2H3,(H,16,17). The number of aliphatic carboxylic acids is 1. The van der Waals surface area contributed by atoms with Gasteiger partial charge >= 0.3 is 5.97 Å². The summed E-state index contributed by atoms with van der Waals surface area (Å²) in [5.41, 5.74) is -0.851. The fraction of sp³-hybridized carbons (Fsp3) is 0.846. The Balaban J connectivity index is 2.04. The van der Waals surface area contributed by atoms with Crippen LogP contribution in [0.1, 0.15) is 52.4 Å². The van der Waals surface area contributed by atoms with E-state index in [1.807, 2.05) is 4.90 Å². The molecule has 96 valence electrons. The highest BCUT2D eigenvalue weighted by atomic mass is 16.4. The molecule has 1 aliphatic carbocycles. The zero-order valence-corrected chi connectivity index (χ0v) is 10.7. The van der Waals surface area contributed by atoms with Crippen LogP contribution in [0.5, 0.6) is 0 Å². The van der Waals surface area contributed by atoms with Crippen molar-refractivity contribution in [2.45, 2.75) is 57.9 Å². The van der Waals surface area contributed by atoms with E-state index >= 15 is 0 Å². The molecule has 0 aromatic rings. The van der Waals surface area contributed by atoms with Gasteiger partial charge in [-0.2, -0.15) is 0 Å². The average Bonchev–Trinajstić information content (AvgIpc) is 2.50. The predicted molar refractivity (Wildman–Crippen MR) is 63.6 cm³/mol. The molecule has 0 bridgehead atoms. The molecule has 0 aromatic carbocycles. The Kier molecular flexibility index (Phi) is 2.92. The predicted octanol–water partition coefficient (Wildman–Crippen LogP) is 2.03. The Morgan fingerprint density at radius 1 is 1.18 bits per heavy atom. The van der Waals surface area contributed by atoms with Gasteiger partial charge in [0.1, 0.15) is 0 Å². The Labute approximate surface area is 102 Å². The molecule has 0 unspecified atom stereocenters. The van der Waals surface area contributed by atoms with Crippen molar-refractivity contribution in [2.24, 2.45) is 5.41 Å². The van der Waals surface area contributed by atoms with Crippen LogP contribution in [0.25, 0.3) is 0 Å². The number of carboxylic acid groups (broad SMARTS) is 1. The lowest BCUT2D eigenvalue weighted by Crippen LogP contribution is -2.48. The van der Waals surface area contributed by atoms with Gasteiger partial charge in [0.25, 0.3) is 0 Å². The maximum Gasteiger partial charge on any atom is 0.310 e. The summed E-state index contributed by atoms with van der Waals surface area (Å²) in [7, 11) is 0. The number of hydrogen-bond donors (Lipinski definition) is 1. The summed E-state index contributed by atoms with van der Waals surface area (Å²) < 4.78 is 0. The molecule has 0 spiro atoms. The molecule has 4 heteroatoms. The van der Waals surface area contributed by atoms with E-state index in [0.717, 1.165) is 25.8 Å². The summed E-state index contributed by atoms with van der Waals surface area (Å²) in [6.45, 7) is 4.90. The van der Waals surface area contributed by atoms with Crippen LogP contribution in [0.3, 0.4) is 0 Å². The Bertz CT molecular complexity index is 345. The summed E-state index contributed by atoms with van der Waals surface area (Å²) >= 11 is 0. The van der Waals surface area contributed by atoms with Gasteiger partial charge in [-0.3, -0.25) is 9.59 Å². The highest BCUT2D eigenvalue weighted by Crippen LogP contribution is 2.45. The van der Waals surface area contributed by atoms with Gasteiger partial charge < -0.3 is 10.0 Å². The van der Waals surface area contributed by atoms with E-state index in [0.29, 0.717) is 12.8 Å². The second-order valence-electron chi connectivity index (χ2n) is 6.08. The largest absolute Gasteiger partial charge is 0.481 e. The third-order valence-electron chi connectivity index (χ3n) is 4.46. The van der Waals surface area contributed by atoms with Crippen LogP contribution < -0.4 is 0 Å². The van der Waals surface area contributed by atoms with Crippen LogP contribution in [0.4, 0.5) is 0 Å². The van der Waals surface area contributed by atoms with Gasteiger partial charge in [-0.1, -0.05) is 6.42 Å². The van der Waals surface area contributed by atoms with E-state index < -0.39 is 11.4 Å². The van der Waals surface area contributed by atoms with Gasteiger partial charge in [-0.05, 0) is 39.5 Å². The van der Waals surface area contributed by atoms with Crippen LogP contribution in [0.15, 0.2) is 0 Å². The highest BCUT2D eigenvalue weighted by Gasteiger charge is 2.48. The summed E-state index contributed by atoms with van der Waals surface area (Å²) in [6.07, 6.45) is 4.47. The molecule has 0 aromatic heterocycles. The smallest absolute Gasteiger partial charge is 0.310 e. The zero-order valence-electron chi connectivity index (χ0n) is 10.7. The topological polar surface area (TPSA) is 57.6 Å². The van der Waals surface area contributed by atoms with Crippen LogP contribution in [-0.4, -0.2) is 34.0 Å². The third-order valence-corrected chi connectivity index (χ3v) is 4.46. The number of amides is 1. The zero-order chi connectivity index (χ0) is 12.7. The number of nitrogens with zero attached hydrogens (tertiary/aromatic N) is 1. The Morgan fingerprint density at radius 2 is 1.82 bits per heavy atom. The molecule has 2 aliphatic rings. The summed E-state index contributed by atoms with van der Waals surface area (Å²) in [5.74, 6) is -0.774. The van der Waals surface area contributed by atoms with E-state index in [2.05, 4.69) is 13.8 Å². The van der Waals surface area contributed by atoms with Crippen LogP contribution >= 0.6 is 0 Å². The molecule has 17 heavy (non-hydrogen) atoms. The van der Waals surface area contributed by atoms with Crippen molar-refractivity contribution in [1.29, 1.82) is 0 Å². The SMILES string of the molecule is CC1(C)CCCN1C(=O)CC1(C(=O)O)CCC1. The van der Waals surface area contributed by atoms with Gasteiger partial charge in [0, 0.05) is 18.5 Å². The normalized spacial score (nSPS) is 25.4. The maximum absolute atomic E-state index is 12.2. The minimum Gasteiger partial charge on any atom is -0.481 e. The number of hydrogen-bond acceptors (Lipinski definition) is 2. The average molecular weight is 239 g/mol.